The van der Waals surface area contributed by atoms with Crippen molar-refractivity contribution in [2.24, 2.45) is 0 Å². The number of hydrogen-bond donors (Lipinski definition) is 2. The quantitative estimate of drug-likeness (QED) is 0.240. The van der Waals surface area contributed by atoms with Crippen LogP contribution in [-0.2, 0) is 4.79 Å². The zero-order chi connectivity index (χ0) is 19.3. The lowest BCUT2D eigenvalue weighted by Crippen LogP contribution is -2.34. The summed E-state index contributed by atoms with van der Waals surface area (Å²) in [5.41, 5.74) is 0. The predicted octanol–water partition coefficient (Wildman–Crippen LogP) is 6.19. The van der Waals surface area contributed by atoms with Crippen LogP contribution < -0.4 is 5.32 Å². The molecule has 1 atom stereocenters. The number of rotatable bonds is 17. The maximum atomic E-state index is 10.6. The van der Waals surface area contributed by atoms with Crippen molar-refractivity contribution in [2.75, 3.05) is 6.54 Å². The van der Waals surface area contributed by atoms with E-state index in [1.165, 1.54) is 25.7 Å². The molecule has 0 aliphatic carbocycles. The van der Waals surface area contributed by atoms with Crippen molar-refractivity contribution >= 4 is 5.97 Å². The summed E-state index contributed by atoms with van der Waals surface area (Å²) >= 11 is 0. The number of carboxylic acid groups (broad SMARTS) is 1. The van der Waals surface area contributed by atoms with Gasteiger partial charge >= 0.3 is 5.97 Å². The van der Waals surface area contributed by atoms with E-state index in [-0.39, 0.29) is 0 Å². The highest BCUT2D eigenvalue weighted by Gasteiger charge is 2.07. The Hall–Kier alpha value is -1.61. The van der Waals surface area contributed by atoms with E-state index in [9.17, 15) is 4.79 Å². The molecule has 0 radical (unpaired) electrons. The number of allylic oxidation sites excluding steroid dienone is 8. The molecule has 0 aliphatic heterocycles. The van der Waals surface area contributed by atoms with Gasteiger partial charge in [-0.25, -0.2) is 0 Å². The van der Waals surface area contributed by atoms with E-state index in [0.29, 0.717) is 0 Å². The maximum absolute atomic E-state index is 10.6. The summed E-state index contributed by atoms with van der Waals surface area (Å²) in [4.78, 5) is 10.6. The summed E-state index contributed by atoms with van der Waals surface area (Å²) < 4.78 is 0. The Labute approximate surface area is 161 Å². The maximum Gasteiger partial charge on any atom is 0.320 e. The second-order valence-corrected chi connectivity index (χ2v) is 6.60. The molecule has 0 saturated heterocycles. The average Bonchev–Trinajstić information content (AvgIpc) is 2.63. The molecular formula is C23H39NO2. The minimum Gasteiger partial charge on any atom is -0.480 e. The Balaban J connectivity index is 3.42. The summed E-state index contributed by atoms with van der Waals surface area (Å²) in [7, 11) is 0. The van der Waals surface area contributed by atoms with Crippen molar-refractivity contribution in [3.05, 3.63) is 48.6 Å². The molecule has 0 aromatic rings. The molecule has 0 heterocycles. The van der Waals surface area contributed by atoms with Gasteiger partial charge in [0, 0.05) is 0 Å². The molecule has 0 bridgehead atoms. The smallest absolute Gasteiger partial charge is 0.320 e. The number of carbonyl (C=O) groups is 1. The summed E-state index contributed by atoms with van der Waals surface area (Å²) in [5.74, 6) is -0.787. The van der Waals surface area contributed by atoms with Crippen molar-refractivity contribution in [1.29, 1.82) is 0 Å². The van der Waals surface area contributed by atoms with Crippen molar-refractivity contribution < 1.29 is 9.90 Å². The Bertz CT molecular complexity index is 435. The third-order valence-electron chi connectivity index (χ3n) is 4.08. The molecule has 148 valence electrons. The Morgan fingerprint density at radius 3 is 1.73 bits per heavy atom. The van der Waals surface area contributed by atoms with Crippen LogP contribution in [0.4, 0.5) is 0 Å². The van der Waals surface area contributed by atoms with Crippen LogP contribution in [0.15, 0.2) is 48.6 Å². The van der Waals surface area contributed by atoms with Crippen LogP contribution in [0.2, 0.25) is 0 Å². The summed E-state index contributed by atoms with van der Waals surface area (Å²) in [6.45, 7) is 4.68. The third kappa shape index (κ3) is 18.7. The predicted molar refractivity (Wildman–Crippen MR) is 114 cm³/mol. The van der Waals surface area contributed by atoms with E-state index in [0.717, 1.165) is 45.1 Å². The fourth-order valence-corrected chi connectivity index (χ4v) is 2.35. The molecule has 3 nitrogen and oxygen atoms in total. The minimum absolute atomic E-state index is 0.452. The molecule has 3 heteroatoms. The molecule has 1 unspecified atom stereocenters. The van der Waals surface area contributed by atoms with Gasteiger partial charge in [-0.3, -0.25) is 4.79 Å². The second kappa shape index (κ2) is 19.7. The number of hydrogen-bond acceptors (Lipinski definition) is 2. The molecule has 0 rings (SSSR count). The van der Waals surface area contributed by atoms with Crippen molar-refractivity contribution in [3.63, 3.8) is 0 Å². The highest BCUT2D eigenvalue weighted by atomic mass is 16.4. The van der Waals surface area contributed by atoms with Crippen molar-refractivity contribution in [1.82, 2.24) is 5.32 Å². The lowest BCUT2D eigenvalue weighted by atomic mass is 10.2. The van der Waals surface area contributed by atoms with Gasteiger partial charge in [-0.1, -0.05) is 68.4 Å². The van der Waals surface area contributed by atoms with Crippen molar-refractivity contribution in [3.8, 4) is 0 Å². The first-order valence-corrected chi connectivity index (χ1v) is 10.2. The first kappa shape index (κ1) is 24.4. The molecule has 0 aromatic carbocycles. The lowest BCUT2D eigenvalue weighted by Gasteiger charge is -2.07. The fourth-order valence-electron chi connectivity index (χ4n) is 2.35. The number of carboxylic acids is 1. The van der Waals surface area contributed by atoms with Crippen LogP contribution in [0.1, 0.15) is 78.1 Å². The van der Waals surface area contributed by atoms with Crippen LogP contribution in [0.5, 0.6) is 0 Å². The number of aliphatic carboxylic acids is 1. The van der Waals surface area contributed by atoms with E-state index in [2.05, 4.69) is 60.8 Å². The van der Waals surface area contributed by atoms with Crippen LogP contribution >= 0.6 is 0 Å². The minimum atomic E-state index is -0.787. The van der Waals surface area contributed by atoms with E-state index in [1.807, 2.05) is 0 Å². The zero-order valence-electron chi connectivity index (χ0n) is 16.8. The van der Waals surface area contributed by atoms with Crippen LogP contribution in [0.3, 0.4) is 0 Å². The Morgan fingerprint density at radius 2 is 1.27 bits per heavy atom. The summed E-state index contributed by atoms with van der Waals surface area (Å²) in [6.07, 6.45) is 29.2. The van der Waals surface area contributed by atoms with Gasteiger partial charge in [-0.05, 0) is 64.8 Å². The molecule has 0 saturated carbocycles. The second-order valence-electron chi connectivity index (χ2n) is 6.60. The Kier molecular flexibility index (Phi) is 18.5. The Morgan fingerprint density at radius 1 is 0.808 bits per heavy atom. The van der Waals surface area contributed by atoms with Gasteiger partial charge in [-0.2, -0.15) is 0 Å². The molecule has 0 fully saturated rings. The SMILES string of the molecule is CCCCC/C=C\C/C=C\C/C=C\C/C=C\CCCCNC(C)C(=O)O. The highest BCUT2D eigenvalue weighted by molar-refractivity contribution is 5.72. The lowest BCUT2D eigenvalue weighted by molar-refractivity contribution is -0.138. The molecular weight excluding hydrogens is 322 g/mol. The molecule has 0 spiro atoms. The molecule has 26 heavy (non-hydrogen) atoms. The monoisotopic (exact) mass is 361 g/mol. The van der Waals surface area contributed by atoms with Crippen LogP contribution in [0.25, 0.3) is 0 Å². The van der Waals surface area contributed by atoms with Gasteiger partial charge in [-0.15, -0.1) is 0 Å². The zero-order valence-corrected chi connectivity index (χ0v) is 16.8. The van der Waals surface area contributed by atoms with Gasteiger partial charge in [0.25, 0.3) is 0 Å². The van der Waals surface area contributed by atoms with Crippen LogP contribution in [-0.4, -0.2) is 23.7 Å². The standard InChI is InChI=1S/C23H39NO2/c1-3-4-5-6-7-8-9-10-11-12-13-14-15-16-17-18-19-20-21-24-22(2)23(25)26/h7-8,10-11,13-14,16-17,22,24H,3-6,9,12,15,18-21H2,1-2H3,(H,25,26)/b8-7-,11-10-,14-13-,17-16-. The number of unbranched alkanes of at least 4 members (excludes halogenated alkanes) is 5. The van der Waals surface area contributed by atoms with E-state index in [4.69, 9.17) is 5.11 Å². The topological polar surface area (TPSA) is 49.3 Å². The van der Waals surface area contributed by atoms with E-state index < -0.39 is 12.0 Å². The van der Waals surface area contributed by atoms with Crippen LogP contribution in [0, 0.1) is 0 Å². The number of nitrogens with one attached hydrogen (secondary N) is 1. The molecule has 0 aliphatic rings. The summed E-state index contributed by atoms with van der Waals surface area (Å²) in [5, 5.41) is 11.7. The average molecular weight is 362 g/mol. The van der Waals surface area contributed by atoms with E-state index >= 15 is 0 Å². The van der Waals surface area contributed by atoms with Gasteiger partial charge in [0.15, 0.2) is 0 Å². The highest BCUT2D eigenvalue weighted by Crippen LogP contribution is 2.01. The third-order valence-corrected chi connectivity index (χ3v) is 4.08. The van der Waals surface area contributed by atoms with Gasteiger partial charge < -0.3 is 10.4 Å². The fraction of sp³-hybridized carbons (Fsp3) is 0.609. The largest absolute Gasteiger partial charge is 0.480 e. The van der Waals surface area contributed by atoms with Gasteiger partial charge in [0.1, 0.15) is 6.04 Å². The molecule has 0 aromatic heterocycles. The first-order valence-electron chi connectivity index (χ1n) is 10.2. The molecule has 2 N–H and O–H groups in total. The normalized spacial score (nSPS) is 13.6. The summed E-state index contributed by atoms with van der Waals surface area (Å²) in [6, 6.07) is -0.452. The van der Waals surface area contributed by atoms with E-state index in [1.54, 1.807) is 6.92 Å². The van der Waals surface area contributed by atoms with Gasteiger partial charge in [0.05, 0.1) is 0 Å². The molecule has 0 amide bonds. The first-order chi connectivity index (χ1) is 12.7. The van der Waals surface area contributed by atoms with Crippen molar-refractivity contribution in [2.45, 2.75) is 84.1 Å². The van der Waals surface area contributed by atoms with Gasteiger partial charge in [0.2, 0.25) is 0 Å².